The zero-order chi connectivity index (χ0) is 16.3. The minimum absolute atomic E-state index is 0.249. The summed E-state index contributed by atoms with van der Waals surface area (Å²) < 4.78 is 8.82. The number of hydrogen-bond acceptors (Lipinski definition) is 2. The first-order chi connectivity index (χ1) is 11.2. The van der Waals surface area contributed by atoms with Crippen molar-refractivity contribution in [1.82, 2.24) is 3.11 Å². The number of halogens is 1. The smallest absolute Gasteiger partial charge is 0.116 e. The lowest BCUT2D eigenvalue weighted by atomic mass is 9.77. The lowest BCUT2D eigenvalue weighted by molar-refractivity contribution is -0.0252. The van der Waals surface area contributed by atoms with Crippen LogP contribution in [0.2, 0.25) is 0 Å². The van der Waals surface area contributed by atoms with Gasteiger partial charge in [0, 0.05) is 36.0 Å². The molecule has 2 nitrogen and oxygen atoms in total. The fraction of sp³-hybridized carbons (Fsp3) is 0.500. The van der Waals surface area contributed by atoms with Gasteiger partial charge < -0.3 is 4.74 Å². The van der Waals surface area contributed by atoms with Crippen molar-refractivity contribution in [2.45, 2.75) is 44.6 Å². The number of ether oxygens (including phenoxy) is 1. The molecule has 0 radical (unpaired) electrons. The Morgan fingerprint density at radius 1 is 1.22 bits per heavy atom. The van der Waals surface area contributed by atoms with Crippen molar-refractivity contribution in [3.05, 3.63) is 58.7 Å². The summed E-state index contributed by atoms with van der Waals surface area (Å²) in [5.41, 5.74) is 5.66. The number of fused-ring (bicyclic) bond motifs is 1. The molecule has 3 rings (SSSR count). The highest BCUT2D eigenvalue weighted by Gasteiger charge is 2.41. The van der Waals surface area contributed by atoms with Gasteiger partial charge in [-0.15, -0.1) is 0 Å². The van der Waals surface area contributed by atoms with Crippen molar-refractivity contribution in [1.29, 1.82) is 0 Å². The van der Waals surface area contributed by atoms with Crippen LogP contribution >= 0.6 is 22.9 Å². The minimum atomic E-state index is -0.249. The van der Waals surface area contributed by atoms with E-state index >= 15 is 0 Å². The average Bonchev–Trinajstić information content (AvgIpc) is 2.70. The second kappa shape index (κ2) is 7.49. The normalized spacial score (nSPS) is 23.7. The summed E-state index contributed by atoms with van der Waals surface area (Å²) in [7, 11) is 2.14. The van der Waals surface area contributed by atoms with Crippen LogP contribution in [0.15, 0.2) is 47.6 Å². The van der Waals surface area contributed by atoms with Gasteiger partial charge in [0.2, 0.25) is 0 Å². The van der Waals surface area contributed by atoms with E-state index in [-0.39, 0.29) is 5.60 Å². The first-order valence-corrected chi connectivity index (χ1v) is 9.62. The lowest BCUT2D eigenvalue weighted by Crippen LogP contribution is -2.36. The fourth-order valence-corrected chi connectivity index (χ4v) is 4.30. The molecule has 0 bridgehead atoms. The summed E-state index contributed by atoms with van der Waals surface area (Å²) in [4.78, 5) is 0. The summed E-state index contributed by atoms with van der Waals surface area (Å²) in [5.74, 6) is 0. The first kappa shape index (κ1) is 17.2. The van der Waals surface area contributed by atoms with Gasteiger partial charge in [0.1, 0.15) is 5.60 Å². The second-order valence-electron chi connectivity index (χ2n) is 6.44. The van der Waals surface area contributed by atoms with Gasteiger partial charge in [-0.25, -0.2) is 0 Å². The van der Waals surface area contributed by atoms with Gasteiger partial charge in [0.25, 0.3) is 0 Å². The summed E-state index contributed by atoms with van der Waals surface area (Å²) in [6.07, 6.45) is 10.2. The van der Waals surface area contributed by atoms with Gasteiger partial charge in [-0.05, 0) is 68.3 Å². The van der Waals surface area contributed by atoms with E-state index in [1.807, 2.05) is 0 Å². The Kier molecular flexibility index (Phi) is 5.60. The minimum Gasteiger partial charge on any atom is -0.366 e. The number of hydrogen-bond donors (Lipinski definition) is 0. The Morgan fingerprint density at radius 2 is 2.04 bits per heavy atom. The SMILES string of the molecule is CCOC1(CCN(C)I)C2=C(C=CCC2)CCc2ccccc21. The molecule has 2 aliphatic rings. The molecule has 0 heterocycles. The van der Waals surface area contributed by atoms with Crippen molar-refractivity contribution in [3.63, 3.8) is 0 Å². The third-order valence-electron chi connectivity index (χ3n) is 5.03. The third-order valence-corrected chi connectivity index (χ3v) is 5.52. The third kappa shape index (κ3) is 3.42. The van der Waals surface area contributed by atoms with E-state index in [0.29, 0.717) is 0 Å². The molecule has 1 unspecified atom stereocenters. The standard InChI is InChI=1S/C20H26INO/c1-3-23-20(14-15-22(2)21)18-10-6-4-8-16(18)12-13-17-9-5-7-11-19(17)20/h4-6,8-10H,3,7,11-15H2,1-2H3. The van der Waals surface area contributed by atoms with Crippen molar-refractivity contribution < 1.29 is 4.74 Å². The van der Waals surface area contributed by atoms with E-state index < -0.39 is 0 Å². The van der Waals surface area contributed by atoms with Gasteiger partial charge >= 0.3 is 0 Å². The Hall–Kier alpha value is -0.650. The van der Waals surface area contributed by atoms with Crippen LogP contribution < -0.4 is 0 Å². The van der Waals surface area contributed by atoms with Crippen LogP contribution in [-0.4, -0.2) is 23.3 Å². The van der Waals surface area contributed by atoms with Crippen LogP contribution in [0.25, 0.3) is 0 Å². The van der Waals surface area contributed by atoms with Gasteiger partial charge in [-0.1, -0.05) is 36.4 Å². The predicted octanol–water partition coefficient (Wildman–Crippen LogP) is 5.18. The molecular formula is C20H26INO. The van der Waals surface area contributed by atoms with Gasteiger partial charge in [-0.2, -0.15) is 0 Å². The maximum absolute atomic E-state index is 6.58. The largest absolute Gasteiger partial charge is 0.366 e. The monoisotopic (exact) mass is 423 g/mol. The van der Waals surface area contributed by atoms with E-state index in [1.54, 1.807) is 0 Å². The molecule has 0 fully saturated rings. The predicted molar refractivity (Wildman–Crippen MR) is 105 cm³/mol. The second-order valence-corrected chi connectivity index (χ2v) is 8.09. The van der Waals surface area contributed by atoms with Crippen LogP contribution in [0.5, 0.6) is 0 Å². The molecule has 0 spiro atoms. The van der Waals surface area contributed by atoms with Crippen molar-refractivity contribution in [2.24, 2.45) is 0 Å². The molecule has 0 aromatic heterocycles. The Balaban J connectivity index is 2.16. The summed E-state index contributed by atoms with van der Waals surface area (Å²) in [5, 5.41) is 0. The molecule has 1 aromatic rings. The molecule has 0 N–H and O–H groups in total. The van der Waals surface area contributed by atoms with E-state index in [4.69, 9.17) is 4.74 Å². The van der Waals surface area contributed by atoms with E-state index in [2.05, 4.69) is 76.4 Å². The van der Waals surface area contributed by atoms with Crippen LogP contribution in [0.4, 0.5) is 0 Å². The van der Waals surface area contributed by atoms with Crippen LogP contribution in [0.1, 0.15) is 43.7 Å². The van der Waals surface area contributed by atoms with Crippen molar-refractivity contribution >= 4 is 22.9 Å². The maximum atomic E-state index is 6.58. The van der Waals surface area contributed by atoms with E-state index in [9.17, 15) is 0 Å². The highest BCUT2D eigenvalue weighted by Crippen LogP contribution is 2.47. The van der Waals surface area contributed by atoms with Crippen LogP contribution in [0.3, 0.4) is 0 Å². The molecule has 3 heteroatoms. The number of allylic oxidation sites excluding steroid dienone is 3. The number of benzene rings is 1. The summed E-state index contributed by atoms with van der Waals surface area (Å²) >= 11 is 2.38. The topological polar surface area (TPSA) is 12.5 Å². The number of aryl methyl sites for hydroxylation is 1. The molecule has 0 saturated heterocycles. The van der Waals surface area contributed by atoms with Crippen LogP contribution in [0, 0.1) is 0 Å². The molecule has 1 aromatic carbocycles. The molecular weight excluding hydrogens is 397 g/mol. The first-order valence-electron chi connectivity index (χ1n) is 8.65. The lowest BCUT2D eigenvalue weighted by Gasteiger charge is -2.39. The molecule has 2 aliphatic carbocycles. The zero-order valence-electron chi connectivity index (χ0n) is 14.1. The Bertz CT molecular complexity index is 620. The molecule has 23 heavy (non-hydrogen) atoms. The quantitative estimate of drug-likeness (QED) is 0.478. The van der Waals surface area contributed by atoms with Gasteiger partial charge in [0.15, 0.2) is 0 Å². The summed E-state index contributed by atoms with van der Waals surface area (Å²) in [6, 6.07) is 8.93. The summed E-state index contributed by atoms with van der Waals surface area (Å²) in [6.45, 7) is 3.90. The average molecular weight is 423 g/mol. The highest BCUT2D eigenvalue weighted by atomic mass is 127. The fourth-order valence-electron chi connectivity index (χ4n) is 4.05. The molecule has 0 amide bonds. The van der Waals surface area contributed by atoms with Gasteiger partial charge in [-0.3, -0.25) is 3.11 Å². The zero-order valence-corrected chi connectivity index (χ0v) is 16.3. The molecule has 0 aliphatic heterocycles. The van der Waals surface area contributed by atoms with Crippen molar-refractivity contribution in [3.8, 4) is 0 Å². The van der Waals surface area contributed by atoms with Crippen molar-refractivity contribution in [2.75, 3.05) is 20.2 Å². The number of nitrogens with zero attached hydrogens (tertiary/aromatic N) is 1. The molecule has 1 atom stereocenters. The van der Waals surface area contributed by atoms with Crippen LogP contribution in [-0.2, 0) is 16.8 Å². The van der Waals surface area contributed by atoms with E-state index in [1.165, 1.54) is 22.3 Å². The van der Waals surface area contributed by atoms with Gasteiger partial charge in [0.05, 0.1) is 0 Å². The molecule has 0 saturated carbocycles. The Labute approximate surface area is 154 Å². The molecule has 124 valence electrons. The highest BCUT2D eigenvalue weighted by molar-refractivity contribution is 14.1. The number of rotatable bonds is 5. The van der Waals surface area contributed by atoms with E-state index in [0.717, 1.165) is 45.3 Å². The Morgan fingerprint density at radius 3 is 2.83 bits per heavy atom. The maximum Gasteiger partial charge on any atom is 0.116 e.